The van der Waals surface area contributed by atoms with Crippen LogP contribution < -0.4 is 0 Å². The van der Waals surface area contributed by atoms with E-state index in [4.69, 9.17) is 9.47 Å². The summed E-state index contributed by atoms with van der Waals surface area (Å²) in [7, 11) is 3.69. The summed E-state index contributed by atoms with van der Waals surface area (Å²) in [5.74, 6) is 2.69. The molecule has 0 amide bonds. The molecular formula is C35H57NO4. The molecule has 40 heavy (non-hydrogen) atoms. The number of nitrogens with zero attached hydrogens (tertiary/aromatic N) is 1. The summed E-state index contributed by atoms with van der Waals surface area (Å²) < 4.78 is 11.1. The van der Waals surface area contributed by atoms with Crippen molar-refractivity contribution in [1.29, 1.82) is 0 Å². The van der Waals surface area contributed by atoms with Crippen LogP contribution in [0.2, 0.25) is 0 Å². The molecule has 2 unspecified atom stereocenters. The maximum absolute atomic E-state index is 12.4. The van der Waals surface area contributed by atoms with E-state index >= 15 is 0 Å². The summed E-state index contributed by atoms with van der Waals surface area (Å²) in [6, 6.07) is 0. The molecular weight excluding hydrogens is 498 g/mol. The molecule has 5 aliphatic carbocycles. The fraction of sp³-hybridized carbons (Fsp3) is 0.886. The fourth-order valence-electron chi connectivity index (χ4n) is 12.6. The molecule has 0 radical (unpaired) electrons. The first-order chi connectivity index (χ1) is 18.6. The van der Waals surface area contributed by atoms with Gasteiger partial charge in [-0.1, -0.05) is 46.8 Å². The number of ether oxygens (including phenoxy) is 2. The molecule has 0 N–H and O–H groups in total. The van der Waals surface area contributed by atoms with Gasteiger partial charge in [-0.15, -0.1) is 0 Å². The molecule has 0 aromatic rings. The molecule has 0 aromatic heterocycles. The minimum Gasteiger partial charge on any atom is -0.468 e. The molecule has 5 nitrogen and oxygen atoms in total. The Labute approximate surface area is 244 Å². The molecule has 0 spiro atoms. The number of methoxy groups -OCH3 is 1. The van der Waals surface area contributed by atoms with E-state index in [0.29, 0.717) is 36.1 Å². The number of carbonyl (C=O) groups excluding carboxylic acids is 2. The monoisotopic (exact) mass is 555 g/mol. The van der Waals surface area contributed by atoms with Crippen LogP contribution in [0.25, 0.3) is 0 Å². The van der Waals surface area contributed by atoms with Gasteiger partial charge in [0.05, 0.1) is 13.7 Å². The highest BCUT2D eigenvalue weighted by molar-refractivity contribution is 5.71. The summed E-state index contributed by atoms with van der Waals surface area (Å²) in [4.78, 5) is 26.8. The first kappa shape index (κ1) is 30.1. The van der Waals surface area contributed by atoms with E-state index in [9.17, 15) is 9.59 Å². The summed E-state index contributed by atoms with van der Waals surface area (Å²) in [5, 5.41) is 0. The van der Waals surface area contributed by atoms with Crippen LogP contribution in [-0.4, -0.2) is 49.2 Å². The minimum atomic E-state index is -0.137. The van der Waals surface area contributed by atoms with Gasteiger partial charge in [-0.25, -0.2) is 0 Å². The van der Waals surface area contributed by atoms with Crippen LogP contribution in [0.15, 0.2) is 12.2 Å². The van der Waals surface area contributed by atoms with Crippen molar-refractivity contribution in [2.24, 2.45) is 51.2 Å². The van der Waals surface area contributed by atoms with Crippen molar-refractivity contribution in [3.8, 4) is 0 Å². The van der Waals surface area contributed by atoms with E-state index in [-0.39, 0.29) is 45.2 Å². The van der Waals surface area contributed by atoms with E-state index in [1.165, 1.54) is 51.2 Å². The number of esters is 2. The van der Waals surface area contributed by atoms with Gasteiger partial charge in [-0.3, -0.25) is 14.5 Å². The lowest BCUT2D eigenvalue weighted by Crippen LogP contribution is -2.69. The van der Waals surface area contributed by atoms with Crippen LogP contribution in [0.5, 0.6) is 0 Å². The average Bonchev–Trinajstić information content (AvgIpc) is 3.27. The highest BCUT2D eigenvalue weighted by atomic mass is 16.5. The Morgan fingerprint density at radius 1 is 0.850 bits per heavy atom. The molecule has 0 heterocycles. The molecule has 226 valence electrons. The van der Waals surface area contributed by atoms with Crippen LogP contribution in [0.3, 0.4) is 0 Å². The van der Waals surface area contributed by atoms with E-state index in [1.807, 2.05) is 0 Å². The summed E-state index contributed by atoms with van der Waals surface area (Å²) >= 11 is 0. The molecule has 10 atom stereocenters. The molecule has 5 saturated carbocycles. The summed E-state index contributed by atoms with van der Waals surface area (Å²) in [5.41, 5.74) is 2.18. The van der Waals surface area contributed by atoms with Gasteiger partial charge in [-0.2, -0.15) is 0 Å². The number of rotatable bonds is 5. The topological polar surface area (TPSA) is 55.8 Å². The predicted octanol–water partition coefficient (Wildman–Crippen LogP) is 7.43. The quantitative estimate of drug-likeness (QED) is 0.261. The molecule has 0 aromatic carbocycles. The molecule has 5 heteroatoms. The number of allylic oxidation sites excluding steroid dienone is 1. The molecule has 5 fully saturated rings. The van der Waals surface area contributed by atoms with Crippen LogP contribution >= 0.6 is 0 Å². The SMILES string of the molecule is C=C(C)[C@@H]1CC[C@]2(N(C)CC(=O)OC)CC[C@]3(C)[C@H](CCC4C5(C)CC[C@H](OC(C)=O)C(C)(C)[C@@H]5CC[C@]43C)[C@@H]12. The lowest BCUT2D eigenvalue weighted by atomic mass is 9.32. The zero-order chi connectivity index (χ0) is 29.5. The van der Waals surface area contributed by atoms with Gasteiger partial charge in [0.2, 0.25) is 0 Å². The smallest absolute Gasteiger partial charge is 0.319 e. The maximum atomic E-state index is 12.4. The van der Waals surface area contributed by atoms with Gasteiger partial charge in [0.15, 0.2) is 0 Å². The Kier molecular flexibility index (Phi) is 7.41. The Balaban J connectivity index is 1.50. The lowest BCUT2D eigenvalue weighted by Gasteiger charge is -2.73. The van der Waals surface area contributed by atoms with E-state index in [0.717, 1.165) is 25.7 Å². The van der Waals surface area contributed by atoms with Crippen molar-refractivity contribution in [3.05, 3.63) is 12.2 Å². The van der Waals surface area contributed by atoms with Crippen LogP contribution in [0.4, 0.5) is 0 Å². The van der Waals surface area contributed by atoms with Gasteiger partial charge < -0.3 is 9.47 Å². The van der Waals surface area contributed by atoms with Crippen molar-refractivity contribution in [2.45, 2.75) is 124 Å². The summed E-state index contributed by atoms with van der Waals surface area (Å²) in [6.45, 7) is 21.4. The van der Waals surface area contributed by atoms with Crippen molar-refractivity contribution in [2.75, 3.05) is 20.7 Å². The van der Waals surface area contributed by atoms with Crippen LogP contribution in [0, 0.1) is 51.2 Å². The standard InChI is InChI=1S/C35H57NO4/c1-22(2)24-13-18-35(36(9)21-29(38)39-10)20-19-33(7)25(30(24)35)11-12-27-32(6)16-15-28(40-23(3)37)31(4,5)26(32)14-17-34(27,33)8/h24-28,30H,1,11-21H2,2-10H3/t24-,25+,26-,27?,28-,30+,32?,33+,34+,35-/m0/s1. The normalized spacial score (nSPS) is 47.4. The van der Waals surface area contributed by atoms with Crippen molar-refractivity contribution in [3.63, 3.8) is 0 Å². The maximum Gasteiger partial charge on any atom is 0.319 e. The second kappa shape index (κ2) is 9.85. The number of fused-ring (bicyclic) bond motifs is 7. The average molecular weight is 556 g/mol. The number of likely N-dealkylation sites (N-methyl/N-ethyl adjacent to an activating group) is 1. The van der Waals surface area contributed by atoms with Gasteiger partial charge >= 0.3 is 11.9 Å². The van der Waals surface area contributed by atoms with Crippen molar-refractivity contribution < 1.29 is 19.1 Å². The highest BCUT2D eigenvalue weighted by Crippen LogP contribution is 2.76. The third-order valence-electron chi connectivity index (χ3n) is 14.6. The Bertz CT molecular complexity index is 1050. The number of hydrogen-bond acceptors (Lipinski definition) is 5. The first-order valence-corrected chi connectivity index (χ1v) is 16.2. The lowest BCUT2D eigenvalue weighted by molar-refractivity contribution is -0.250. The van der Waals surface area contributed by atoms with Gasteiger partial charge in [-0.05, 0) is 124 Å². The van der Waals surface area contributed by atoms with Crippen molar-refractivity contribution >= 4 is 11.9 Å². The predicted molar refractivity (Wildman–Crippen MR) is 159 cm³/mol. The molecule has 0 bridgehead atoms. The zero-order valence-electron chi connectivity index (χ0n) is 27.0. The molecule has 0 saturated heterocycles. The molecule has 5 rings (SSSR count). The largest absolute Gasteiger partial charge is 0.468 e. The summed E-state index contributed by atoms with van der Waals surface area (Å²) in [6.07, 6.45) is 11.9. The third-order valence-corrected chi connectivity index (χ3v) is 14.6. The second-order valence-corrected chi connectivity index (χ2v) is 16.2. The van der Waals surface area contributed by atoms with Gasteiger partial charge in [0, 0.05) is 17.9 Å². The van der Waals surface area contributed by atoms with Crippen LogP contribution in [0.1, 0.15) is 113 Å². The van der Waals surface area contributed by atoms with Gasteiger partial charge in [0.1, 0.15) is 6.10 Å². The first-order valence-electron chi connectivity index (χ1n) is 16.2. The Hall–Kier alpha value is -1.36. The van der Waals surface area contributed by atoms with E-state index < -0.39 is 0 Å². The van der Waals surface area contributed by atoms with Crippen LogP contribution in [-0.2, 0) is 19.1 Å². The highest BCUT2D eigenvalue weighted by Gasteiger charge is 2.71. The fourth-order valence-corrected chi connectivity index (χ4v) is 12.6. The van der Waals surface area contributed by atoms with Crippen molar-refractivity contribution in [1.82, 2.24) is 4.90 Å². The number of hydrogen-bond donors (Lipinski definition) is 0. The molecule has 5 aliphatic rings. The number of carbonyl (C=O) groups is 2. The second-order valence-electron chi connectivity index (χ2n) is 16.2. The van der Waals surface area contributed by atoms with E-state index in [2.05, 4.69) is 60.1 Å². The molecule has 0 aliphatic heterocycles. The van der Waals surface area contributed by atoms with E-state index in [1.54, 1.807) is 6.92 Å². The minimum absolute atomic E-state index is 0.00737. The zero-order valence-corrected chi connectivity index (χ0v) is 27.0. The van der Waals surface area contributed by atoms with Gasteiger partial charge in [0.25, 0.3) is 0 Å². The Morgan fingerprint density at radius 2 is 1.55 bits per heavy atom. The Morgan fingerprint density at radius 3 is 2.17 bits per heavy atom. The third kappa shape index (κ3) is 4.02.